The predicted molar refractivity (Wildman–Crippen MR) is 130 cm³/mol. The summed E-state index contributed by atoms with van der Waals surface area (Å²) in [6.45, 7) is -0.442. The second-order valence-corrected chi connectivity index (χ2v) is 9.03. The summed E-state index contributed by atoms with van der Waals surface area (Å²) in [7, 11) is -4.06. The second kappa shape index (κ2) is 10.8. The van der Waals surface area contributed by atoms with Gasteiger partial charge in [-0.3, -0.25) is 10.2 Å². The quantitative estimate of drug-likeness (QED) is 0.198. The minimum Gasteiger partial charge on any atom is -0.490 e. The molecule has 0 aliphatic carbocycles. The van der Waals surface area contributed by atoms with E-state index in [1.165, 1.54) is 24.3 Å². The Morgan fingerprint density at radius 1 is 1.06 bits per heavy atom. The van der Waals surface area contributed by atoms with Gasteiger partial charge in [-0.15, -0.1) is 0 Å². The van der Waals surface area contributed by atoms with Gasteiger partial charge in [-0.2, -0.15) is 8.42 Å². The lowest BCUT2D eigenvalue weighted by atomic mass is 9.99. The number of nitrogens with one attached hydrogen (secondary N) is 2. The maximum atomic E-state index is 12.5. The van der Waals surface area contributed by atoms with E-state index in [2.05, 4.69) is 9.50 Å². The fourth-order valence-electron chi connectivity index (χ4n) is 3.04. The van der Waals surface area contributed by atoms with E-state index in [1.807, 2.05) is 0 Å². The van der Waals surface area contributed by atoms with Gasteiger partial charge in [0.05, 0.1) is 11.8 Å². The summed E-state index contributed by atoms with van der Waals surface area (Å²) in [5.41, 5.74) is 7.26. The zero-order chi connectivity index (χ0) is 25.6. The van der Waals surface area contributed by atoms with Gasteiger partial charge in [0.2, 0.25) is 0 Å². The van der Waals surface area contributed by atoms with Gasteiger partial charge in [0, 0.05) is 11.3 Å². The first kappa shape index (κ1) is 25.4. The Bertz CT molecular complexity index is 1340. The molecule has 0 heterocycles. The van der Waals surface area contributed by atoms with Crippen LogP contribution in [-0.4, -0.2) is 50.2 Å². The monoisotopic (exact) mass is 497 g/mol. The van der Waals surface area contributed by atoms with Gasteiger partial charge in [-0.05, 0) is 53.6 Å². The third kappa shape index (κ3) is 7.13. The molecule has 1 amide bonds. The molecular formula is C24H23N3O7S. The Balaban J connectivity index is 1.73. The normalized spacial score (nSPS) is 11.8. The largest absolute Gasteiger partial charge is 0.490 e. The molecule has 0 bridgehead atoms. The zero-order valence-corrected chi connectivity index (χ0v) is 19.4. The summed E-state index contributed by atoms with van der Waals surface area (Å²) in [5, 5.41) is 20.1. The Morgan fingerprint density at radius 3 is 2.31 bits per heavy atom. The maximum Gasteiger partial charge on any atom is 0.354 e. The number of carbonyl (C=O) groups excluding carboxylic acids is 2. The Labute approximate surface area is 201 Å². The van der Waals surface area contributed by atoms with Gasteiger partial charge in [0.15, 0.2) is 6.10 Å². The number of amidine groups is 1. The minimum atomic E-state index is -4.06. The van der Waals surface area contributed by atoms with E-state index >= 15 is 0 Å². The maximum absolute atomic E-state index is 12.5. The van der Waals surface area contributed by atoms with Crippen LogP contribution in [0.15, 0.2) is 72.8 Å². The number of nitrogen functional groups attached to an aromatic ring is 1. The van der Waals surface area contributed by atoms with Crippen LogP contribution in [-0.2, 0) is 19.1 Å². The first-order valence-electron chi connectivity index (χ1n) is 10.2. The summed E-state index contributed by atoms with van der Waals surface area (Å²) in [4.78, 5) is 24.8. The van der Waals surface area contributed by atoms with Gasteiger partial charge in [0.1, 0.15) is 18.2 Å². The number of amides is 1. The van der Waals surface area contributed by atoms with Crippen LogP contribution in [0.3, 0.4) is 0 Å². The fourth-order valence-corrected chi connectivity index (χ4v) is 3.41. The summed E-state index contributed by atoms with van der Waals surface area (Å²) >= 11 is 0. The lowest BCUT2D eigenvalue weighted by Gasteiger charge is -2.15. The first-order chi connectivity index (χ1) is 16.5. The predicted octanol–water partition coefficient (Wildman–Crippen LogP) is 2.13. The fraction of sp³-hybridized carbons (Fsp3) is 0.125. The molecule has 0 saturated heterocycles. The van der Waals surface area contributed by atoms with E-state index in [9.17, 15) is 23.1 Å². The van der Waals surface area contributed by atoms with Crippen molar-refractivity contribution in [1.82, 2.24) is 0 Å². The summed E-state index contributed by atoms with van der Waals surface area (Å²) in [6, 6.07) is 19.3. The van der Waals surface area contributed by atoms with Crippen molar-refractivity contribution in [3.63, 3.8) is 0 Å². The highest BCUT2D eigenvalue weighted by Crippen LogP contribution is 2.28. The van der Waals surface area contributed by atoms with E-state index in [4.69, 9.17) is 15.9 Å². The third-order valence-corrected chi connectivity index (χ3v) is 5.15. The van der Waals surface area contributed by atoms with Crippen LogP contribution in [0.1, 0.15) is 15.9 Å². The molecule has 0 radical (unpaired) electrons. The summed E-state index contributed by atoms with van der Waals surface area (Å²) in [6.07, 6.45) is -0.793. The highest BCUT2D eigenvalue weighted by molar-refractivity contribution is 7.86. The number of aliphatic hydroxyl groups excluding tert-OH is 1. The number of carbonyl (C=O) groups is 2. The van der Waals surface area contributed by atoms with E-state index in [-0.39, 0.29) is 17.1 Å². The highest BCUT2D eigenvalue weighted by Gasteiger charge is 2.21. The van der Waals surface area contributed by atoms with Crippen LogP contribution < -0.4 is 15.8 Å². The van der Waals surface area contributed by atoms with Gasteiger partial charge < -0.3 is 25.1 Å². The van der Waals surface area contributed by atoms with Gasteiger partial charge >= 0.3 is 16.1 Å². The number of rotatable bonds is 9. The second-order valence-electron chi connectivity index (χ2n) is 7.46. The number of nitrogens with two attached hydrogens (primary N) is 1. The minimum absolute atomic E-state index is 0.0661. The van der Waals surface area contributed by atoms with Crippen molar-refractivity contribution in [3.8, 4) is 16.9 Å². The highest BCUT2D eigenvalue weighted by atomic mass is 32.2. The molecular weight excluding hydrogens is 474 g/mol. The average molecular weight is 498 g/mol. The van der Waals surface area contributed by atoms with Gasteiger partial charge in [0.25, 0.3) is 5.91 Å². The van der Waals surface area contributed by atoms with Crippen molar-refractivity contribution < 1.29 is 32.0 Å². The molecule has 0 aromatic heterocycles. The van der Waals surface area contributed by atoms with Crippen LogP contribution in [0.25, 0.3) is 11.1 Å². The van der Waals surface area contributed by atoms with Crippen molar-refractivity contribution in [3.05, 3.63) is 83.9 Å². The average Bonchev–Trinajstić information content (AvgIpc) is 2.82. The van der Waals surface area contributed by atoms with Crippen molar-refractivity contribution in [2.24, 2.45) is 5.73 Å². The number of ether oxygens (including phenoxy) is 1. The molecule has 3 rings (SSSR count). The molecule has 0 fully saturated rings. The van der Waals surface area contributed by atoms with Gasteiger partial charge in [-0.25, -0.2) is 4.79 Å². The van der Waals surface area contributed by atoms with E-state index in [0.717, 1.165) is 6.26 Å². The van der Waals surface area contributed by atoms with E-state index < -0.39 is 34.7 Å². The van der Waals surface area contributed by atoms with Crippen LogP contribution in [0.4, 0.5) is 5.69 Å². The van der Waals surface area contributed by atoms with Crippen LogP contribution >= 0.6 is 0 Å². The Morgan fingerprint density at radius 2 is 1.71 bits per heavy atom. The number of hydrogen-bond donors (Lipinski definition) is 4. The van der Waals surface area contributed by atoms with E-state index in [0.29, 0.717) is 22.4 Å². The smallest absolute Gasteiger partial charge is 0.354 e. The Kier molecular flexibility index (Phi) is 7.84. The molecule has 3 aromatic carbocycles. The molecule has 5 N–H and O–H groups in total. The van der Waals surface area contributed by atoms with Crippen molar-refractivity contribution in [2.45, 2.75) is 6.10 Å². The molecule has 182 valence electrons. The number of benzene rings is 3. The number of aliphatic hydroxyl groups is 1. The molecule has 0 saturated carbocycles. The van der Waals surface area contributed by atoms with Gasteiger partial charge in [-0.1, -0.05) is 30.3 Å². The van der Waals surface area contributed by atoms with Crippen molar-refractivity contribution in [1.29, 1.82) is 5.41 Å². The van der Waals surface area contributed by atoms with Crippen LogP contribution in [0, 0.1) is 5.41 Å². The van der Waals surface area contributed by atoms with Crippen molar-refractivity contribution in [2.75, 3.05) is 18.2 Å². The molecule has 11 heteroatoms. The molecule has 1 atom stereocenters. The zero-order valence-electron chi connectivity index (χ0n) is 18.6. The summed E-state index contributed by atoms with van der Waals surface area (Å²) < 4.78 is 33.0. The number of hydrogen-bond acceptors (Lipinski definition) is 8. The molecule has 10 nitrogen and oxygen atoms in total. The Hall–Kier alpha value is -4.22. The standard InChI is InChI=1S/C24H23N3O7S/c1-35(31,32)34-24(30)20-13-18(11-12-19(20)15-5-3-2-4-6-15)33-14-21(28)23(29)27-17-9-7-16(8-10-17)22(25)26/h2-13,21,28H,14H2,1H3,(H3,25,26)(H,27,29). The lowest BCUT2D eigenvalue weighted by molar-refractivity contribution is -0.125. The topological polar surface area (TPSA) is 169 Å². The van der Waals surface area contributed by atoms with Crippen molar-refractivity contribution >= 4 is 33.5 Å². The molecule has 0 aliphatic heterocycles. The first-order valence-corrected chi connectivity index (χ1v) is 12.0. The molecule has 1 unspecified atom stereocenters. The van der Waals surface area contributed by atoms with Crippen LogP contribution in [0.5, 0.6) is 5.75 Å². The molecule has 3 aromatic rings. The SMILES string of the molecule is CS(=O)(=O)OC(=O)c1cc(OCC(O)C(=O)Nc2ccc(C(=N)N)cc2)ccc1-c1ccccc1. The third-order valence-electron chi connectivity index (χ3n) is 4.70. The lowest BCUT2D eigenvalue weighted by Crippen LogP contribution is -2.33. The molecule has 0 spiro atoms. The van der Waals surface area contributed by atoms with E-state index in [1.54, 1.807) is 48.5 Å². The molecule has 35 heavy (non-hydrogen) atoms. The molecule has 0 aliphatic rings. The van der Waals surface area contributed by atoms with Crippen LogP contribution in [0.2, 0.25) is 0 Å². The number of anilines is 1. The summed E-state index contributed by atoms with van der Waals surface area (Å²) in [5.74, 6) is -1.83.